The van der Waals surface area contributed by atoms with Gasteiger partial charge in [0, 0.05) is 25.8 Å². The van der Waals surface area contributed by atoms with Crippen LogP contribution in [-0.4, -0.2) is 34.6 Å². The van der Waals surface area contributed by atoms with Crippen molar-refractivity contribution in [2.45, 2.75) is 24.2 Å². The Kier molecular flexibility index (Phi) is 5.23. The molecule has 1 aliphatic heterocycles. The molecule has 0 unspecified atom stereocenters. The molecule has 1 aromatic rings. The monoisotopic (exact) mass is 323 g/mol. The van der Waals surface area contributed by atoms with Gasteiger partial charge < -0.3 is 4.90 Å². The van der Waals surface area contributed by atoms with Crippen LogP contribution < -0.4 is 9.62 Å². The molecule has 1 aliphatic rings. The zero-order valence-corrected chi connectivity index (χ0v) is 12.3. The minimum atomic E-state index is -4.17. The van der Waals surface area contributed by atoms with Crippen molar-refractivity contribution in [2.24, 2.45) is 0 Å². The van der Waals surface area contributed by atoms with E-state index in [1.807, 2.05) is 0 Å². The number of likely N-dealkylation sites (tertiary alicyclic amines) is 1. The Morgan fingerprint density at radius 2 is 1.76 bits per heavy atom. The summed E-state index contributed by atoms with van der Waals surface area (Å²) in [5.41, 5.74) is 0. The van der Waals surface area contributed by atoms with Crippen molar-refractivity contribution in [3.05, 3.63) is 29.6 Å². The van der Waals surface area contributed by atoms with Crippen LogP contribution in [0.25, 0.3) is 0 Å². The summed E-state index contributed by atoms with van der Waals surface area (Å²) in [5, 5.41) is 0. The predicted octanol–water partition coefficient (Wildman–Crippen LogP) is 0.451. The van der Waals surface area contributed by atoms with Gasteiger partial charge in [0.2, 0.25) is 10.0 Å². The van der Waals surface area contributed by atoms with E-state index < -0.39 is 32.4 Å². The first-order valence-electron chi connectivity index (χ1n) is 6.88. The zero-order valence-electron chi connectivity index (χ0n) is 11.5. The van der Waals surface area contributed by atoms with E-state index in [1.165, 1.54) is 17.7 Å². The lowest BCUT2D eigenvalue weighted by molar-refractivity contribution is -0.887. The summed E-state index contributed by atoms with van der Waals surface area (Å²) in [6.45, 7) is 3.15. The molecule has 0 aliphatic carbocycles. The minimum absolute atomic E-state index is 0.143. The Hall–Kier alpha value is -1.12. The van der Waals surface area contributed by atoms with E-state index in [-0.39, 0.29) is 6.54 Å². The topological polar surface area (TPSA) is 50.6 Å². The highest BCUT2D eigenvalue weighted by Gasteiger charge is 2.23. The van der Waals surface area contributed by atoms with Crippen LogP contribution in [0.15, 0.2) is 17.0 Å². The van der Waals surface area contributed by atoms with Gasteiger partial charge >= 0.3 is 0 Å². The van der Waals surface area contributed by atoms with Crippen LogP contribution in [0.2, 0.25) is 0 Å². The average Bonchev–Trinajstić information content (AvgIpc) is 2.94. The van der Waals surface area contributed by atoms with Crippen LogP contribution in [0, 0.1) is 17.5 Å². The zero-order chi connectivity index (χ0) is 15.5. The van der Waals surface area contributed by atoms with Crippen molar-refractivity contribution in [2.75, 3.05) is 26.2 Å². The van der Waals surface area contributed by atoms with E-state index in [4.69, 9.17) is 0 Å². The fraction of sp³-hybridized carbons (Fsp3) is 0.538. The first-order chi connectivity index (χ1) is 9.92. The summed E-state index contributed by atoms with van der Waals surface area (Å²) in [4.78, 5) is 0.558. The van der Waals surface area contributed by atoms with Gasteiger partial charge in [-0.1, -0.05) is 0 Å². The van der Waals surface area contributed by atoms with Crippen molar-refractivity contribution in [3.63, 3.8) is 0 Å². The number of quaternary nitrogens is 1. The molecule has 0 spiro atoms. The second kappa shape index (κ2) is 6.76. The highest BCUT2D eigenvalue weighted by atomic mass is 32.2. The second-order valence-corrected chi connectivity index (χ2v) is 6.87. The van der Waals surface area contributed by atoms with Crippen molar-refractivity contribution in [3.8, 4) is 0 Å². The quantitative estimate of drug-likeness (QED) is 0.590. The van der Waals surface area contributed by atoms with E-state index in [9.17, 15) is 21.6 Å². The Bertz CT molecular complexity index is 602. The lowest BCUT2D eigenvalue weighted by Gasteiger charge is -2.12. The van der Waals surface area contributed by atoms with Crippen LogP contribution in [-0.2, 0) is 10.0 Å². The lowest BCUT2D eigenvalue weighted by atomic mass is 10.3. The number of sulfonamides is 1. The molecule has 0 amide bonds. The van der Waals surface area contributed by atoms with E-state index in [1.54, 1.807) is 0 Å². The summed E-state index contributed by atoms with van der Waals surface area (Å²) in [6, 6.07) is 1.32. The van der Waals surface area contributed by atoms with E-state index in [2.05, 4.69) is 4.72 Å². The molecular weight excluding hydrogens is 305 g/mol. The molecule has 0 atom stereocenters. The molecule has 118 valence electrons. The first-order valence-corrected chi connectivity index (χ1v) is 8.37. The Morgan fingerprint density at radius 3 is 2.43 bits per heavy atom. The summed E-state index contributed by atoms with van der Waals surface area (Å²) in [7, 11) is -4.17. The van der Waals surface area contributed by atoms with Gasteiger partial charge in [-0.3, -0.25) is 0 Å². The largest absolute Gasteiger partial charge is 0.335 e. The number of halogens is 3. The van der Waals surface area contributed by atoms with Gasteiger partial charge in [0.1, 0.15) is 4.90 Å². The highest BCUT2D eigenvalue weighted by Crippen LogP contribution is 2.19. The third kappa shape index (κ3) is 3.96. The predicted molar refractivity (Wildman–Crippen MR) is 70.9 cm³/mol. The van der Waals surface area contributed by atoms with Crippen molar-refractivity contribution in [1.82, 2.24) is 4.72 Å². The fourth-order valence-corrected chi connectivity index (χ4v) is 3.60. The standard InChI is InChI=1S/C13H17F3N2O2S/c14-10-4-5-11(13(16)12(10)15)21(19,20)17-6-3-9-18-7-1-2-8-18/h4-5,17H,1-3,6-9H2/p+1. The fourth-order valence-electron chi connectivity index (χ4n) is 2.46. The number of benzene rings is 1. The summed E-state index contributed by atoms with van der Waals surface area (Å²) < 4.78 is 65.3. The van der Waals surface area contributed by atoms with Gasteiger partial charge in [-0.2, -0.15) is 0 Å². The molecular formula is C13H18F3N2O2S+. The average molecular weight is 323 g/mol. The van der Waals surface area contributed by atoms with Gasteiger partial charge in [-0.05, 0) is 12.1 Å². The maximum atomic E-state index is 13.5. The molecule has 1 fully saturated rings. The van der Waals surface area contributed by atoms with Gasteiger partial charge in [0.25, 0.3) is 0 Å². The lowest BCUT2D eigenvalue weighted by Crippen LogP contribution is -3.10. The maximum absolute atomic E-state index is 13.5. The Labute approximate surface area is 122 Å². The summed E-state index contributed by atoms with van der Waals surface area (Å²) in [5.74, 6) is -4.88. The van der Waals surface area contributed by atoms with Gasteiger partial charge in [-0.15, -0.1) is 0 Å². The normalized spacial score (nSPS) is 16.5. The summed E-state index contributed by atoms with van der Waals surface area (Å²) in [6.07, 6.45) is 2.97. The maximum Gasteiger partial charge on any atom is 0.243 e. The molecule has 0 aromatic heterocycles. The molecule has 1 aromatic carbocycles. The molecule has 1 saturated heterocycles. The number of nitrogens with one attached hydrogen (secondary N) is 2. The highest BCUT2D eigenvalue weighted by molar-refractivity contribution is 7.89. The number of hydrogen-bond donors (Lipinski definition) is 2. The van der Waals surface area contributed by atoms with Gasteiger partial charge in [-0.25, -0.2) is 26.3 Å². The molecule has 2 N–H and O–H groups in total. The smallest absolute Gasteiger partial charge is 0.243 e. The van der Waals surface area contributed by atoms with Crippen LogP contribution in [0.4, 0.5) is 13.2 Å². The van der Waals surface area contributed by atoms with Crippen LogP contribution in [0.1, 0.15) is 19.3 Å². The Morgan fingerprint density at radius 1 is 1.10 bits per heavy atom. The third-order valence-electron chi connectivity index (χ3n) is 3.60. The van der Waals surface area contributed by atoms with Crippen molar-refractivity contribution < 1.29 is 26.5 Å². The second-order valence-electron chi connectivity index (χ2n) is 5.13. The van der Waals surface area contributed by atoms with Gasteiger partial charge in [0.15, 0.2) is 17.5 Å². The van der Waals surface area contributed by atoms with E-state index in [0.29, 0.717) is 12.5 Å². The summed E-state index contributed by atoms with van der Waals surface area (Å²) >= 11 is 0. The number of hydrogen-bond acceptors (Lipinski definition) is 2. The molecule has 0 bridgehead atoms. The first kappa shape index (κ1) is 16.3. The van der Waals surface area contributed by atoms with Crippen molar-refractivity contribution in [1.29, 1.82) is 0 Å². The molecule has 8 heteroatoms. The molecule has 21 heavy (non-hydrogen) atoms. The number of rotatable bonds is 6. The van der Waals surface area contributed by atoms with E-state index in [0.717, 1.165) is 25.7 Å². The molecule has 4 nitrogen and oxygen atoms in total. The SMILES string of the molecule is O=S(=O)(NCCC[NH+]1CCCC1)c1ccc(F)c(F)c1F. The minimum Gasteiger partial charge on any atom is -0.335 e. The third-order valence-corrected chi connectivity index (χ3v) is 5.08. The van der Waals surface area contributed by atoms with E-state index >= 15 is 0 Å². The van der Waals surface area contributed by atoms with Crippen LogP contribution in [0.3, 0.4) is 0 Å². The Balaban J connectivity index is 1.93. The van der Waals surface area contributed by atoms with Crippen LogP contribution in [0.5, 0.6) is 0 Å². The van der Waals surface area contributed by atoms with Crippen LogP contribution >= 0.6 is 0 Å². The van der Waals surface area contributed by atoms with Crippen molar-refractivity contribution >= 4 is 10.0 Å². The molecule has 1 heterocycles. The molecule has 0 saturated carbocycles. The molecule has 2 rings (SSSR count). The molecule has 0 radical (unpaired) electrons. The van der Waals surface area contributed by atoms with Gasteiger partial charge in [0.05, 0.1) is 19.6 Å².